The van der Waals surface area contributed by atoms with Gasteiger partial charge in [-0.1, -0.05) is 40.2 Å². The van der Waals surface area contributed by atoms with Gasteiger partial charge in [0.1, 0.15) is 11.7 Å². The predicted molar refractivity (Wildman–Crippen MR) is 81.0 cm³/mol. The standard InChI is InChI=1S/C15H13BrN2O3/c16-11-6-2-1-5-10(11)9-13(15(20)21)18-14(19)12-7-3-4-8-17-12/h1-8,13H,9H2,(H,18,19)(H,20,21)/t13-/m1/s1. The van der Waals surface area contributed by atoms with Crippen LogP contribution in [0.25, 0.3) is 0 Å². The van der Waals surface area contributed by atoms with Crippen molar-refractivity contribution in [2.45, 2.75) is 12.5 Å². The zero-order valence-corrected chi connectivity index (χ0v) is 12.6. The van der Waals surface area contributed by atoms with E-state index < -0.39 is 17.9 Å². The largest absolute Gasteiger partial charge is 0.480 e. The molecule has 0 saturated carbocycles. The van der Waals surface area contributed by atoms with Crippen LogP contribution >= 0.6 is 15.9 Å². The third-order valence-corrected chi connectivity index (χ3v) is 3.66. The molecule has 1 amide bonds. The van der Waals surface area contributed by atoms with Gasteiger partial charge in [-0.15, -0.1) is 0 Å². The van der Waals surface area contributed by atoms with Gasteiger partial charge in [-0.2, -0.15) is 0 Å². The van der Waals surface area contributed by atoms with E-state index in [1.807, 2.05) is 24.3 Å². The topological polar surface area (TPSA) is 79.3 Å². The Hall–Kier alpha value is -2.21. The third-order valence-electron chi connectivity index (χ3n) is 2.88. The van der Waals surface area contributed by atoms with Crippen LogP contribution in [0.3, 0.4) is 0 Å². The summed E-state index contributed by atoms with van der Waals surface area (Å²) in [6.07, 6.45) is 1.67. The molecule has 0 spiro atoms. The van der Waals surface area contributed by atoms with Crippen LogP contribution in [0.2, 0.25) is 0 Å². The number of aromatic nitrogens is 1. The smallest absolute Gasteiger partial charge is 0.326 e. The van der Waals surface area contributed by atoms with Crippen LogP contribution in [0.4, 0.5) is 0 Å². The molecule has 0 radical (unpaired) electrons. The lowest BCUT2D eigenvalue weighted by Gasteiger charge is -2.15. The van der Waals surface area contributed by atoms with Crippen LogP contribution in [0.15, 0.2) is 53.1 Å². The highest BCUT2D eigenvalue weighted by molar-refractivity contribution is 9.10. The first-order valence-corrected chi connectivity index (χ1v) is 7.05. The minimum Gasteiger partial charge on any atom is -0.480 e. The summed E-state index contributed by atoms with van der Waals surface area (Å²) < 4.78 is 0.809. The first-order chi connectivity index (χ1) is 10.1. The van der Waals surface area contributed by atoms with E-state index in [0.29, 0.717) is 0 Å². The van der Waals surface area contributed by atoms with Crippen molar-refractivity contribution in [2.75, 3.05) is 0 Å². The average Bonchev–Trinajstić information content (AvgIpc) is 2.49. The van der Waals surface area contributed by atoms with Gasteiger partial charge < -0.3 is 10.4 Å². The molecule has 1 heterocycles. The van der Waals surface area contributed by atoms with E-state index in [1.54, 1.807) is 12.1 Å². The van der Waals surface area contributed by atoms with Crippen molar-refractivity contribution < 1.29 is 14.7 Å². The van der Waals surface area contributed by atoms with Gasteiger partial charge in [0.2, 0.25) is 0 Å². The van der Waals surface area contributed by atoms with Crippen molar-refractivity contribution in [2.24, 2.45) is 0 Å². The number of carbonyl (C=O) groups is 2. The summed E-state index contributed by atoms with van der Waals surface area (Å²) in [6, 6.07) is 11.2. The van der Waals surface area contributed by atoms with Gasteiger partial charge in [-0.05, 0) is 23.8 Å². The molecule has 1 aromatic carbocycles. The highest BCUT2D eigenvalue weighted by Gasteiger charge is 2.22. The predicted octanol–water partition coefficient (Wildman–Crippen LogP) is 2.27. The van der Waals surface area contributed by atoms with E-state index in [4.69, 9.17) is 0 Å². The Bertz CT molecular complexity index is 646. The highest BCUT2D eigenvalue weighted by Crippen LogP contribution is 2.17. The van der Waals surface area contributed by atoms with Gasteiger partial charge in [-0.25, -0.2) is 4.79 Å². The average molecular weight is 349 g/mol. The second-order valence-corrected chi connectivity index (χ2v) is 5.23. The number of amides is 1. The molecule has 6 heteroatoms. The summed E-state index contributed by atoms with van der Waals surface area (Å²) in [5.74, 6) is -1.59. The molecule has 0 saturated heterocycles. The van der Waals surface area contributed by atoms with Crippen molar-refractivity contribution >= 4 is 27.8 Å². The Balaban J connectivity index is 2.12. The normalized spacial score (nSPS) is 11.7. The van der Waals surface area contributed by atoms with Gasteiger partial charge >= 0.3 is 5.97 Å². The number of halogens is 1. The molecule has 0 aliphatic carbocycles. The van der Waals surface area contributed by atoms with Crippen LogP contribution in [0, 0.1) is 0 Å². The first kappa shape index (κ1) is 15.2. The maximum absolute atomic E-state index is 12.0. The molecule has 0 unspecified atom stereocenters. The van der Waals surface area contributed by atoms with E-state index in [1.165, 1.54) is 12.3 Å². The van der Waals surface area contributed by atoms with Gasteiger partial charge in [0, 0.05) is 17.1 Å². The maximum atomic E-state index is 12.0. The van der Waals surface area contributed by atoms with Crippen LogP contribution in [0.5, 0.6) is 0 Å². The van der Waals surface area contributed by atoms with Gasteiger partial charge in [0.05, 0.1) is 0 Å². The highest BCUT2D eigenvalue weighted by atomic mass is 79.9. The number of hydrogen-bond donors (Lipinski definition) is 2. The fourth-order valence-electron chi connectivity index (χ4n) is 1.81. The number of carboxylic acid groups (broad SMARTS) is 1. The SMILES string of the molecule is O=C(N[C@H](Cc1ccccc1Br)C(=O)O)c1ccccn1. The molecule has 2 aromatic rings. The summed E-state index contributed by atoms with van der Waals surface area (Å²) in [4.78, 5) is 27.2. The summed E-state index contributed by atoms with van der Waals surface area (Å²) >= 11 is 3.37. The summed E-state index contributed by atoms with van der Waals surface area (Å²) in [6.45, 7) is 0. The molecule has 0 aliphatic heterocycles. The molecule has 108 valence electrons. The lowest BCUT2D eigenvalue weighted by molar-refractivity contribution is -0.139. The quantitative estimate of drug-likeness (QED) is 0.868. The molecule has 1 atom stereocenters. The minimum absolute atomic E-state index is 0.190. The monoisotopic (exact) mass is 348 g/mol. The number of carbonyl (C=O) groups excluding carboxylic acids is 1. The van der Waals surface area contributed by atoms with Crippen molar-refractivity contribution in [3.05, 3.63) is 64.4 Å². The first-order valence-electron chi connectivity index (χ1n) is 6.26. The number of pyridine rings is 1. The minimum atomic E-state index is -1.09. The van der Waals surface area contributed by atoms with Crippen LogP contribution in [0.1, 0.15) is 16.1 Å². The summed E-state index contributed by atoms with van der Waals surface area (Å²) in [7, 11) is 0. The number of nitrogens with zero attached hydrogens (tertiary/aromatic N) is 1. The van der Waals surface area contributed by atoms with E-state index in [0.717, 1.165) is 10.0 Å². The van der Waals surface area contributed by atoms with Crippen LogP contribution in [-0.2, 0) is 11.2 Å². The molecule has 0 fully saturated rings. The van der Waals surface area contributed by atoms with Gasteiger partial charge in [-0.3, -0.25) is 9.78 Å². The van der Waals surface area contributed by atoms with Crippen LogP contribution in [-0.4, -0.2) is 28.0 Å². The zero-order chi connectivity index (χ0) is 15.2. The summed E-state index contributed by atoms with van der Waals surface area (Å²) in [5.41, 5.74) is 1.00. The fourth-order valence-corrected chi connectivity index (χ4v) is 2.26. The van der Waals surface area contributed by atoms with Gasteiger partial charge in [0.25, 0.3) is 5.91 Å². The Kier molecular flexibility index (Phi) is 5.05. The fraction of sp³-hybridized carbons (Fsp3) is 0.133. The van der Waals surface area contributed by atoms with Crippen LogP contribution < -0.4 is 5.32 Å². The molecule has 0 bridgehead atoms. The lowest BCUT2D eigenvalue weighted by atomic mass is 10.1. The summed E-state index contributed by atoms with van der Waals surface area (Å²) in [5, 5.41) is 11.8. The molecular weight excluding hydrogens is 336 g/mol. The van der Waals surface area contributed by atoms with Gasteiger partial charge in [0.15, 0.2) is 0 Å². The number of aliphatic carboxylic acids is 1. The molecule has 2 rings (SSSR count). The van der Waals surface area contributed by atoms with E-state index >= 15 is 0 Å². The van der Waals surface area contributed by atoms with Crippen molar-refractivity contribution in [3.63, 3.8) is 0 Å². The Morgan fingerprint density at radius 1 is 1.19 bits per heavy atom. The van der Waals surface area contributed by atoms with Crippen molar-refractivity contribution in [1.29, 1.82) is 0 Å². The molecule has 21 heavy (non-hydrogen) atoms. The maximum Gasteiger partial charge on any atom is 0.326 e. The number of benzene rings is 1. The Labute approximate surface area is 130 Å². The third kappa shape index (κ3) is 4.13. The zero-order valence-electron chi connectivity index (χ0n) is 11.0. The second-order valence-electron chi connectivity index (χ2n) is 4.37. The molecule has 0 aliphatic rings. The second kappa shape index (κ2) is 6.99. The molecular formula is C15H13BrN2O3. The van der Waals surface area contributed by atoms with E-state index in [2.05, 4.69) is 26.2 Å². The Morgan fingerprint density at radius 2 is 1.90 bits per heavy atom. The Morgan fingerprint density at radius 3 is 2.52 bits per heavy atom. The number of nitrogens with one attached hydrogen (secondary N) is 1. The number of rotatable bonds is 5. The molecule has 5 nitrogen and oxygen atoms in total. The number of hydrogen-bond acceptors (Lipinski definition) is 3. The van der Waals surface area contributed by atoms with Crippen molar-refractivity contribution in [3.8, 4) is 0 Å². The van der Waals surface area contributed by atoms with E-state index in [-0.39, 0.29) is 12.1 Å². The lowest BCUT2D eigenvalue weighted by Crippen LogP contribution is -2.42. The molecule has 1 aromatic heterocycles. The van der Waals surface area contributed by atoms with E-state index in [9.17, 15) is 14.7 Å². The van der Waals surface area contributed by atoms with Crippen molar-refractivity contribution in [1.82, 2.24) is 10.3 Å². The number of carboxylic acids is 1. The molecule has 2 N–H and O–H groups in total.